The van der Waals surface area contributed by atoms with Crippen molar-refractivity contribution in [1.29, 1.82) is 0 Å². The second kappa shape index (κ2) is 7.48. The van der Waals surface area contributed by atoms with Crippen molar-refractivity contribution in [1.82, 2.24) is 10.2 Å². The number of alkyl halides is 3. The predicted octanol–water partition coefficient (Wildman–Crippen LogP) is 3.28. The Balaban J connectivity index is 2.28. The largest absolute Gasteiger partial charge is 0.391 e. The van der Waals surface area contributed by atoms with Gasteiger partial charge in [-0.3, -0.25) is 0 Å². The number of nitrogens with zero attached hydrogens (tertiary/aromatic N) is 1. The minimum Gasteiger partial charge on any atom is -0.313 e. The first-order valence-corrected chi connectivity index (χ1v) is 7.27. The molecule has 1 rings (SSSR count). The lowest BCUT2D eigenvalue weighted by Gasteiger charge is -2.33. The molecular formula is C14H27F3N2. The van der Waals surface area contributed by atoms with Gasteiger partial charge in [0, 0.05) is 25.7 Å². The van der Waals surface area contributed by atoms with Crippen LogP contribution >= 0.6 is 0 Å². The van der Waals surface area contributed by atoms with Gasteiger partial charge in [0.05, 0.1) is 5.92 Å². The Morgan fingerprint density at radius 2 is 1.95 bits per heavy atom. The Morgan fingerprint density at radius 1 is 1.26 bits per heavy atom. The molecule has 5 heteroatoms. The third-order valence-corrected chi connectivity index (χ3v) is 3.86. The van der Waals surface area contributed by atoms with Crippen molar-refractivity contribution in [3.05, 3.63) is 0 Å². The highest BCUT2D eigenvalue weighted by Crippen LogP contribution is 2.39. The summed E-state index contributed by atoms with van der Waals surface area (Å²) in [6, 6.07) is 0.456. The third-order valence-electron chi connectivity index (χ3n) is 3.86. The van der Waals surface area contributed by atoms with Crippen molar-refractivity contribution in [2.45, 2.75) is 51.7 Å². The summed E-state index contributed by atoms with van der Waals surface area (Å²) in [4.78, 5) is 2.15. The van der Waals surface area contributed by atoms with Crippen LogP contribution in [-0.2, 0) is 0 Å². The number of rotatable bonds is 6. The van der Waals surface area contributed by atoms with Crippen LogP contribution in [0.25, 0.3) is 0 Å². The highest BCUT2D eigenvalue weighted by Gasteiger charge is 2.42. The lowest BCUT2D eigenvalue weighted by Crippen LogP contribution is -2.37. The summed E-state index contributed by atoms with van der Waals surface area (Å²) in [6.07, 6.45) is -1.72. The van der Waals surface area contributed by atoms with Crippen molar-refractivity contribution in [3.8, 4) is 0 Å². The van der Waals surface area contributed by atoms with Gasteiger partial charge in [-0.2, -0.15) is 13.2 Å². The molecule has 114 valence electrons. The van der Waals surface area contributed by atoms with Crippen molar-refractivity contribution < 1.29 is 13.2 Å². The molecule has 0 radical (unpaired) electrons. The van der Waals surface area contributed by atoms with Crippen molar-refractivity contribution in [2.24, 2.45) is 11.8 Å². The zero-order chi connectivity index (χ0) is 14.5. The molecule has 1 aliphatic rings. The maximum atomic E-state index is 12.7. The zero-order valence-corrected chi connectivity index (χ0v) is 12.3. The molecule has 19 heavy (non-hydrogen) atoms. The van der Waals surface area contributed by atoms with E-state index in [0.717, 1.165) is 26.1 Å². The molecule has 2 nitrogen and oxygen atoms in total. The van der Waals surface area contributed by atoms with Gasteiger partial charge in [-0.15, -0.1) is 0 Å². The fourth-order valence-corrected chi connectivity index (χ4v) is 2.83. The predicted molar refractivity (Wildman–Crippen MR) is 72.1 cm³/mol. The molecule has 0 aromatic carbocycles. The molecule has 1 fully saturated rings. The fourth-order valence-electron chi connectivity index (χ4n) is 2.83. The Kier molecular flexibility index (Phi) is 6.60. The molecular weight excluding hydrogens is 253 g/mol. The standard InChI is InChI=1S/C14H27F3N2/c1-11(2)18-7-8-19(3)10-12-5-4-6-13(9-12)14(15,16)17/h11-13,18H,4-10H2,1-3H3. The van der Waals surface area contributed by atoms with E-state index in [2.05, 4.69) is 24.1 Å². The van der Waals surface area contributed by atoms with Crippen LogP contribution in [0.15, 0.2) is 0 Å². The van der Waals surface area contributed by atoms with Gasteiger partial charge >= 0.3 is 6.18 Å². The molecule has 0 bridgehead atoms. The number of nitrogens with one attached hydrogen (secondary N) is 1. The highest BCUT2D eigenvalue weighted by atomic mass is 19.4. The first-order valence-electron chi connectivity index (χ1n) is 7.27. The van der Waals surface area contributed by atoms with Crippen LogP contribution in [0.5, 0.6) is 0 Å². The van der Waals surface area contributed by atoms with Crippen molar-refractivity contribution in [2.75, 3.05) is 26.7 Å². The summed E-state index contributed by atoms with van der Waals surface area (Å²) < 4.78 is 38.2. The van der Waals surface area contributed by atoms with Gasteiger partial charge in [0.1, 0.15) is 0 Å². The third kappa shape index (κ3) is 6.61. The van der Waals surface area contributed by atoms with Gasteiger partial charge in [-0.25, -0.2) is 0 Å². The molecule has 0 amide bonds. The van der Waals surface area contributed by atoms with E-state index in [9.17, 15) is 13.2 Å². The number of halogens is 3. The zero-order valence-electron chi connectivity index (χ0n) is 12.3. The van der Waals surface area contributed by atoms with E-state index in [-0.39, 0.29) is 5.92 Å². The fraction of sp³-hybridized carbons (Fsp3) is 1.00. The summed E-state index contributed by atoms with van der Waals surface area (Å²) in [7, 11) is 2.00. The maximum absolute atomic E-state index is 12.7. The quantitative estimate of drug-likeness (QED) is 0.803. The molecule has 2 atom stereocenters. The van der Waals surface area contributed by atoms with Gasteiger partial charge < -0.3 is 10.2 Å². The van der Waals surface area contributed by atoms with E-state index in [1.807, 2.05) is 7.05 Å². The van der Waals surface area contributed by atoms with E-state index in [1.165, 1.54) is 0 Å². The second-order valence-corrected chi connectivity index (χ2v) is 6.14. The van der Waals surface area contributed by atoms with Crippen LogP contribution in [-0.4, -0.2) is 43.8 Å². The molecule has 0 aliphatic heterocycles. The van der Waals surface area contributed by atoms with E-state index in [0.29, 0.717) is 25.3 Å². The molecule has 1 saturated carbocycles. The number of likely N-dealkylation sites (N-methyl/N-ethyl adjacent to an activating group) is 1. The van der Waals surface area contributed by atoms with Gasteiger partial charge in [-0.1, -0.05) is 20.3 Å². The summed E-state index contributed by atoms with van der Waals surface area (Å²) in [5, 5.41) is 3.32. The Morgan fingerprint density at radius 3 is 2.53 bits per heavy atom. The van der Waals surface area contributed by atoms with Gasteiger partial charge in [-0.05, 0) is 32.2 Å². The van der Waals surface area contributed by atoms with E-state index >= 15 is 0 Å². The molecule has 0 heterocycles. The first kappa shape index (κ1) is 16.8. The van der Waals surface area contributed by atoms with Crippen LogP contribution in [0.2, 0.25) is 0 Å². The Bertz CT molecular complexity index is 254. The number of hydrogen-bond acceptors (Lipinski definition) is 2. The van der Waals surface area contributed by atoms with E-state index < -0.39 is 12.1 Å². The molecule has 1 N–H and O–H groups in total. The molecule has 2 unspecified atom stereocenters. The molecule has 0 saturated heterocycles. The van der Waals surface area contributed by atoms with E-state index in [1.54, 1.807) is 0 Å². The van der Waals surface area contributed by atoms with E-state index in [4.69, 9.17) is 0 Å². The normalized spacial score (nSPS) is 25.3. The topological polar surface area (TPSA) is 15.3 Å². The minimum atomic E-state index is -4.00. The molecule has 0 aromatic heterocycles. The molecule has 1 aliphatic carbocycles. The van der Waals surface area contributed by atoms with Crippen LogP contribution in [0.1, 0.15) is 39.5 Å². The summed E-state index contributed by atoms with van der Waals surface area (Å²) >= 11 is 0. The minimum absolute atomic E-state index is 0.199. The average molecular weight is 280 g/mol. The highest BCUT2D eigenvalue weighted by molar-refractivity contribution is 4.79. The number of hydrogen-bond donors (Lipinski definition) is 1. The monoisotopic (exact) mass is 280 g/mol. The van der Waals surface area contributed by atoms with Crippen LogP contribution in [0.3, 0.4) is 0 Å². The maximum Gasteiger partial charge on any atom is 0.391 e. The Hall–Kier alpha value is -0.290. The second-order valence-electron chi connectivity index (χ2n) is 6.14. The molecule has 0 aromatic rings. The first-order chi connectivity index (χ1) is 8.79. The van der Waals surface area contributed by atoms with Gasteiger partial charge in [0.25, 0.3) is 0 Å². The van der Waals surface area contributed by atoms with Crippen molar-refractivity contribution >= 4 is 0 Å². The molecule has 0 spiro atoms. The van der Waals surface area contributed by atoms with Crippen molar-refractivity contribution in [3.63, 3.8) is 0 Å². The lowest BCUT2D eigenvalue weighted by atomic mass is 9.81. The smallest absolute Gasteiger partial charge is 0.313 e. The SMILES string of the molecule is CC(C)NCCN(C)CC1CCCC(C(F)(F)F)C1. The Labute approximate surface area is 114 Å². The summed E-state index contributed by atoms with van der Waals surface area (Å²) in [5.41, 5.74) is 0. The van der Waals surface area contributed by atoms with Gasteiger partial charge in [0.15, 0.2) is 0 Å². The van der Waals surface area contributed by atoms with Crippen LogP contribution in [0, 0.1) is 11.8 Å². The average Bonchev–Trinajstić information content (AvgIpc) is 2.27. The van der Waals surface area contributed by atoms with Crippen LogP contribution in [0.4, 0.5) is 13.2 Å². The lowest BCUT2D eigenvalue weighted by molar-refractivity contribution is -0.186. The summed E-state index contributed by atoms with van der Waals surface area (Å²) in [6.45, 7) is 6.76. The summed E-state index contributed by atoms with van der Waals surface area (Å²) in [5.74, 6) is -0.877. The van der Waals surface area contributed by atoms with Crippen LogP contribution < -0.4 is 5.32 Å². The van der Waals surface area contributed by atoms with Gasteiger partial charge in [0.2, 0.25) is 0 Å².